The van der Waals surface area contributed by atoms with Gasteiger partial charge in [-0.2, -0.15) is 5.10 Å². The Kier molecular flexibility index (Phi) is 4.20. The van der Waals surface area contributed by atoms with Crippen LogP contribution < -0.4 is 16.0 Å². The summed E-state index contributed by atoms with van der Waals surface area (Å²) >= 11 is 1.37. The molecule has 0 unspecified atom stereocenters. The summed E-state index contributed by atoms with van der Waals surface area (Å²) in [4.78, 5) is 25.8. The van der Waals surface area contributed by atoms with Crippen LogP contribution in [0.2, 0.25) is 0 Å². The minimum atomic E-state index is -0.133. The van der Waals surface area contributed by atoms with Crippen molar-refractivity contribution >= 4 is 44.6 Å². The molecule has 5 heterocycles. The van der Waals surface area contributed by atoms with Crippen LogP contribution in [0.5, 0.6) is 0 Å². The van der Waals surface area contributed by atoms with Gasteiger partial charge in [-0.3, -0.25) is 4.79 Å². The van der Waals surface area contributed by atoms with Crippen molar-refractivity contribution in [2.75, 3.05) is 23.7 Å². The number of fused-ring (bicyclic) bond motifs is 3. The molecule has 32 heavy (non-hydrogen) atoms. The normalized spacial score (nSPS) is 16.7. The van der Waals surface area contributed by atoms with Gasteiger partial charge in [0.1, 0.15) is 21.3 Å². The Morgan fingerprint density at radius 1 is 1.19 bits per heavy atom. The van der Waals surface area contributed by atoms with Gasteiger partial charge >= 0.3 is 0 Å². The third kappa shape index (κ3) is 3.02. The summed E-state index contributed by atoms with van der Waals surface area (Å²) in [6.07, 6.45) is 4.57. The van der Waals surface area contributed by atoms with Gasteiger partial charge in [0.05, 0.1) is 11.7 Å². The average Bonchev–Trinajstić information content (AvgIpc) is 3.41. The first-order valence-corrected chi connectivity index (χ1v) is 11.8. The second kappa shape index (κ2) is 6.90. The Hall–Kier alpha value is -3.20. The quantitative estimate of drug-likeness (QED) is 0.498. The molecule has 2 aliphatic rings. The molecule has 2 fully saturated rings. The van der Waals surface area contributed by atoms with Crippen LogP contribution in [-0.4, -0.2) is 44.6 Å². The lowest BCUT2D eigenvalue weighted by molar-refractivity contribution is 0.0935. The number of anilines is 2. The van der Waals surface area contributed by atoms with Crippen LogP contribution in [0, 0.1) is 20.8 Å². The van der Waals surface area contributed by atoms with Crippen LogP contribution >= 0.6 is 11.3 Å². The number of carbonyl (C=O) groups excluding carboxylic acids is 1. The molecule has 1 amide bonds. The molecule has 0 bridgehead atoms. The molecule has 164 valence electrons. The summed E-state index contributed by atoms with van der Waals surface area (Å²) in [5.74, 6) is 2.28. The Morgan fingerprint density at radius 3 is 2.69 bits per heavy atom. The number of thiophene rings is 1. The Bertz CT molecular complexity index is 1390. The summed E-state index contributed by atoms with van der Waals surface area (Å²) in [6, 6.07) is 4.30. The topological polar surface area (TPSA) is 101 Å². The predicted octanol–water partition coefficient (Wildman–Crippen LogP) is 3.34. The van der Waals surface area contributed by atoms with Gasteiger partial charge in [-0.1, -0.05) is 6.07 Å². The zero-order chi connectivity index (χ0) is 22.1. The van der Waals surface area contributed by atoms with E-state index in [4.69, 9.17) is 10.7 Å². The lowest BCUT2D eigenvalue weighted by Crippen LogP contribution is -2.59. The van der Waals surface area contributed by atoms with Gasteiger partial charge in [0.25, 0.3) is 5.91 Å². The van der Waals surface area contributed by atoms with Crippen molar-refractivity contribution in [3.8, 4) is 0 Å². The van der Waals surface area contributed by atoms with Crippen LogP contribution in [0.15, 0.2) is 18.3 Å². The predicted molar refractivity (Wildman–Crippen MR) is 127 cm³/mol. The number of nitrogens with one attached hydrogen (secondary N) is 1. The monoisotopic (exact) mass is 447 g/mol. The van der Waals surface area contributed by atoms with Gasteiger partial charge in [-0.15, -0.1) is 11.3 Å². The molecule has 0 spiro atoms. The molecule has 4 aromatic heterocycles. The zero-order valence-corrected chi connectivity index (χ0v) is 19.2. The molecule has 1 saturated heterocycles. The van der Waals surface area contributed by atoms with E-state index < -0.39 is 0 Å². The number of nitrogens with two attached hydrogens (primary N) is 1. The lowest BCUT2D eigenvalue weighted by Gasteiger charge is -2.41. The second-order valence-electron chi connectivity index (χ2n) is 9.04. The van der Waals surface area contributed by atoms with E-state index >= 15 is 0 Å². The fraction of sp³-hybridized carbons (Fsp3) is 0.391. The highest BCUT2D eigenvalue weighted by molar-refractivity contribution is 7.21. The molecule has 9 heteroatoms. The summed E-state index contributed by atoms with van der Waals surface area (Å²) in [7, 11) is 0. The minimum absolute atomic E-state index is 0.0751. The molecule has 8 nitrogen and oxygen atoms in total. The summed E-state index contributed by atoms with van der Waals surface area (Å²) in [5, 5.41) is 8.49. The molecule has 1 saturated carbocycles. The average molecular weight is 448 g/mol. The van der Waals surface area contributed by atoms with Gasteiger partial charge < -0.3 is 16.0 Å². The number of hydrogen-bond donors (Lipinski definition) is 2. The number of amides is 1. The van der Waals surface area contributed by atoms with Crippen molar-refractivity contribution in [2.24, 2.45) is 0 Å². The molecule has 0 radical (unpaired) electrons. The van der Waals surface area contributed by atoms with Crippen molar-refractivity contribution < 1.29 is 4.79 Å². The van der Waals surface area contributed by atoms with E-state index in [1.807, 2.05) is 26.1 Å². The van der Waals surface area contributed by atoms with E-state index in [9.17, 15) is 4.79 Å². The Balaban J connectivity index is 1.20. The van der Waals surface area contributed by atoms with Crippen molar-refractivity contribution in [2.45, 2.75) is 45.6 Å². The first-order chi connectivity index (χ1) is 15.4. The first-order valence-electron chi connectivity index (χ1n) is 11.0. The van der Waals surface area contributed by atoms with Crippen LogP contribution in [-0.2, 0) is 0 Å². The van der Waals surface area contributed by atoms with E-state index in [-0.39, 0.29) is 11.9 Å². The number of nitrogen functional groups attached to an aromatic ring is 1. The van der Waals surface area contributed by atoms with Crippen LogP contribution in [0.4, 0.5) is 11.5 Å². The number of aryl methyl sites for hydroxylation is 3. The molecular weight excluding hydrogens is 422 g/mol. The molecule has 3 N–H and O–H groups in total. The summed E-state index contributed by atoms with van der Waals surface area (Å²) in [5.41, 5.74) is 11.3. The van der Waals surface area contributed by atoms with E-state index in [0.717, 1.165) is 40.3 Å². The summed E-state index contributed by atoms with van der Waals surface area (Å²) in [6.45, 7) is 7.46. The van der Waals surface area contributed by atoms with E-state index in [2.05, 4.69) is 33.3 Å². The number of aromatic nitrogens is 4. The number of nitrogens with zero attached hydrogens (tertiary/aromatic N) is 5. The molecule has 1 aliphatic heterocycles. The fourth-order valence-corrected chi connectivity index (χ4v) is 5.78. The van der Waals surface area contributed by atoms with Crippen molar-refractivity contribution in [3.05, 3.63) is 45.7 Å². The molecule has 0 aromatic carbocycles. The molecule has 0 atom stereocenters. The van der Waals surface area contributed by atoms with Gasteiger partial charge in [0.15, 0.2) is 5.65 Å². The molecule has 6 rings (SSSR count). The zero-order valence-electron chi connectivity index (χ0n) is 18.3. The Labute approximate surface area is 189 Å². The highest BCUT2D eigenvalue weighted by Crippen LogP contribution is 2.41. The molecule has 4 aromatic rings. The van der Waals surface area contributed by atoms with Crippen molar-refractivity contribution in [1.82, 2.24) is 24.9 Å². The van der Waals surface area contributed by atoms with E-state index in [1.165, 1.54) is 35.3 Å². The van der Waals surface area contributed by atoms with E-state index in [0.29, 0.717) is 22.3 Å². The van der Waals surface area contributed by atoms with E-state index in [1.54, 1.807) is 4.52 Å². The van der Waals surface area contributed by atoms with Gasteiger partial charge in [-0.25, -0.2) is 14.5 Å². The maximum absolute atomic E-state index is 13.1. The molecular formula is C23H25N7OS. The van der Waals surface area contributed by atoms with Crippen molar-refractivity contribution in [1.29, 1.82) is 0 Å². The van der Waals surface area contributed by atoms with Crippen LogP contribution in [0.25, 0.3) is 15.9 Å². The maximum Gasteiger partial charge on any atom is 0.263 e. The van der Waals surface area contributed by atoms with Crippen LogP contribution in [0.3, 0.4) is 0 Å². The SMILES string of the molecule is Cc1nc2cc(C)c3c(N)c(C(=O)NC4CN(c5ncc(C6CC6)cc5C)C4)sc3n2n1. The third-order valence-corrected chi connectivity index (χ3v) is 7.62. The lowest BCUT2D eigenvalue weighted by atomic mass is 10.1. The number of pyridine rings is 2. The minimum Gasteiger partial charge on any atom is -0.397 e. The largest absolute Gasteiger partial charge is 0.397 e. The second-order valence-corrected chi connectivity index (χ2v) is 10.0. The van der Waals surface area contributed by atoms with Gasteiger partial charge in [0, 0.05) is 24.7 Å². The standard InChI is InChI=1S/C23H25N7OS/c1-11-7-17-26-13(3)28-30(17)23-18(11)19(24)20(32-23)22(31)27-16-9-29(10-16)21-12(2)6-15(8-25-21)14-4-5-14/h6-8,14,16H,4-5,9-10,24H2,1-3H3,(H,27,31). The first kappa shape index (κ1) is 19.5. The van der Waals surface area contributed by atoms with Crippen LogP contribution in [0.1, 0.15) is 50.9 Å². The number of rotatable bonds is 4. The van der Waals surface area contributed by atoms with Gasteiger partial charge in [-0.05, 0) is 62.3 Å². The highest BCUT2D eigenvalue weighted by atomic mass is 32.1. The van der Waals surface area contributed by atoms with Gasteiger partial charge in [0.2, 0.25) is 0 Å². The van der Waals surface area contributed by atoms with Crippen molar-refractivity contribution in [3.63, 3.8) is 0 Å². The number of carbonyl (C=O) groups is 1. The summed E-state index contributed by atoms with van der Waals surface area (Å²) < 4.78 is 1.78. The Morgan fingerprint density at radius 2 is 1.97 bits per heavy atom. The smallest absolute Gasteiger partial charge is 0.263 e. The fourth-order valence-electron chi connectivity index (χ4n) is 4.62. The molecule has 1 aliphatic carbocycles. The number of hydrogen-bond acceptors (Lipinski definition) is 7. The maximum atomic E-state index is 13.1. The highest BCUT2D eigenvalue weighted by Gasteiger charge is 2.32. The third-order valence-electron chi connectivity index (χ3n) is 6.44.